The average molecular weight is 275 g/mol. The van der Waals surface area contributed by atoms with Crippen molar-refractivity contribution < 1.29 is 4.74 Å². The second-order valence-electron chi connectivity index (χ2n) is 5.37. The molecular weight excluding hydrogens is 258 g/mol. The highest BCUT2D eigenvalue weighted by Crippen LogP contribution is 2.34. The Labute approximate surface area is 123 Å². The van der Waals surface area contributed by atoms with E-state index in [4.69, 9.17) is 4.74 Å². The number of aryl methyl sites for hydroxylation is 1. The van der Waals surface area contributed by atoms with E-state index in [1.54, 1.807) is 7.11 Å². The van der Waals surface area contributed by atoms with Crippen molar-refractivity contribution in [3.63, 3.8) is 0 Å². The third-order valence-corrected chi connectivity index (χ3v) is 4.25. The van der Waals surface area contributed by atoms with E-state index in [2.05, 4.69) is 53.8 Å². The van der Waals surface area contributed by atoms with Crippen molar-refractivity contribution in [2.24, 2.45) is 0 Å². The second-order valence-corrected chi connectivity index (χ2v) is 5.37. The summed E-state index contributed by atoms with van der Waals surface area (Å²) in [6, 6.07) is 19.4. The Balaban J connectivity index is 1.99. The lowest BCUT2D eigenvalue weighted by Gasteiger charge is -2.01. The molecule has 2 heteroatoms. The second kappa shape index (κ2) is 4.52. The number of aromatic nitrogens is 1. The van der Waals surface area contributed by atoms with Gasteiger partial charge < -0.3 is 9.14 Å². The fourth-order valence-electron chi connectivity index (χ4n) is 3.17. The first kappa shape index (κ1) is 12.3. The third kappa shape index (κ3) is 1.72. The number of hydrogen-bond donors (Lipinski definition) is 0. The molecule has 0 saturated heterocycles. The molecule has 4 rings (SSSR count). The average Bonchev–Trinajstić information content (AvgIpc) is 3.10. The molecule has 0 amide bonds. The first-order valence-electron chi connectivity index (χ1n) is 7.31. The van der Waals surface area contributed by atoms with E-state index >= 15 is 0 Å². The molecule has 0 fully saturated rings. The molecule has 3 aromatic heterocycles. The van der Waals surface area contributed by atoms with Crippen molar-refractivity contribution in [3.8, 4) is 16.9 Å². The molecule has 21 heavy (non-hydrogen) atoms. The number of pyridine rings is 1. The van der Waals surface area contributed by atoms with Crippen LogP contribution in [0.15, 0.2) is 54.6 Å². The Morgan fingerprint density at radius 3 is 2.48 bits per heavy atom. The van der Waals surface area contributed by atoms with Gasteiger partial charge in [0.15, 0.2) is 0 Å². The molecule has 0 bridgehead atoms. The summed E-state index contributed by atoms with van der Waals surface area (Å²) in [6.07, 6.45) is 1.06. The topological polar surface area (TPSA) is 13.6 Å². The summed E-state index contributed by atoms with van der Waals surface area (Å²) in [5.74, 6) is 0.893. The summed E-state index contributed by atoms with van der Waals surface area (Å²) in [7, 11) is 1.70. The molecular formula is C19H17NO. The van der Waals surface area contributed by atoms with Crippen LogP contribution in [0, 0.1) is 0 Å². The maximum absolute atomic E-state index is 5.25. The van der Waals surface area contributed by atoms with Crippen LogP contribution in [-0.4, -0.2) is 11.5 Å². The van der Waals surface area contributed by atoms with Crippen LogP contribution in [0.25, 0.3) is 27.7 Å². The Bertz CT molecular complexity index is 902. The first-order valence-corrected chi connectivity index (χ1v) is 7.31. The molecule has 0 aliphatic heterocycles. The van der Waals surface area contributed by atoms with E-state index in [9.17, 15) is 0 Å². The van der Waals surface area contributed by atoms with E-state index in [0.29, 0.717) is 0 Å². The molecule has 0 atom stereocenters. The highest BCUT2D eigenvalue weighted by Gasteiger charge is 2.14. The molecule has 0 saturated carbocycles. The minimum Gasteiger partial charge on any atom is -0.497 e. The lowest BCUT2D eigenvalue weighted by molar-refractivity contribution is 0.415. The first-order chi connectivity index (χ1) is 10.3. The van der Waals surface area contributed by atoms with Crippen LogP contribution in [0.4, 0.5) is 0 Å². The number of ether oxygens (including phenoxy) is 1. The van der Waals surface area contributed by atoms with Gasteiger partial charge in [-0.25, -0.2) is 0 Å². The quantitative estimate of drug-likeness (QED) is 0.525. The maximum Gasteiger partial charge on any atom is 0.118 e. The monoisotopic (exact) mass is 275 g/mol. The van der Waals surface area contributed by atoms with Crippen LogP contribution in [0.3, 0.4) is 0 Å². The van der Waals surface area contributed by atoms with E-state index in [0.717, 1.165) is 12.2 Å². The van der Waals surface area contributed by atoms with Gasteiger partial charge in [0.05, 0.1) is 12.6 Å². The Morgan fingerprint density at radius 2 is 1.76 bits per heavy atom. The predicted octanol–water partition coefficient (Wildman–Crippen LogP) is 4.77. The summed E-state index contributed by atoms with van der Waals surface area (Å²) in [6.45, 7) is 2.21. The zero-order valence-electron chi connectivity index (χ0n) is 12.3. The highest BCUT2D eigenvalue weighted by atomic mass is 16.5. The molecule has 0 spiro atoms. The van der Waals surface area contributed by atoms with Gasteiger partial charge in [-0.3, -0.25) is 0 Å². The molecule has 0 N–H and O–H groups in total. The van der Waals surface area contributed by atoms with E-state index in [1.807, 2.05) is 12.1 Å². The van der Waals surface area contributed by atoms with Gasteiger partial charge in [0, 0.05) is 16.6 Å². The van der Waals surface area contributed by atoms with Crippen molar-refractivity contribution in [1.82, 2.24) is 4.40 Å². The molecule has 3 heterocycles. The van der Waals surface area contributed by atoms with Crippen molar-refractivity contribution in [3.05, 3.63) is 60.2 Å². The zero-order valence-corrected chi connectivity index (χ0v) is 12.3. The van der Waals surface area contributed by atoms with Gasteiger partial charge >= 0.3 is 0 Å². The number of nitrogens with zero attached hydrogens (tertiary/aromatic N) is 1. The molecule has 0 unspecified atom stereocenters. The Morgan fingerprint density at radius 1 is 0.952 bits per heavy atom. The molecule has 4 aromatic rings. The van der Waals surface area contributed by atoms with Gasteiger partial charge in [0.25, 0.3) is 0 Å². The summed E-state index contributed by atoms with van der Waals surface area (Å²) in [5, 5.41) is 0. The minimum atomic E-state index is 0.893. The van der Waals surface area contributed by atoms with Crippen LogP contribution in [0.1, 0.15) is 12.5 Å². The lowest BCUT2D eigenvalue weighted by atomic mass is 10.1. The minimum absolute atomic E-state index is 0.893. The van der Waals surface area contributed by atoms with E-state index in [-0.39, 0.29) is 0 Å². The van der Waals surface area contributed by atoms with Crippen molar-refractivity contribution in [2.45, 2.75) is 13.3 Å². The largest absolute Gasteiger partial charge is 0.497 e. The van der Waals surface area contributed by atoms with Gasteiger partial charge in [-0.05, 0) is 53.9 Å². The molecule has 2 nitrogen and oxygen atoms in total. The Kier molecular flexibility index (Phi) is 2.64. The molecule has 0 radical (unpaired) electrons. The van der Waals surface area contributed by atoms with Gasteiger partial charge in [0.2, 0.25) is 0 Å². The summed E-state index contributed by atoms with van der Waals surface area (Å²) in [5.41, 5.74) is 7.80. The summed E-state index contributed by atoms with van der Waals surface area (Å²) in [4.78, 5) is 0. The number of rotatable bonds is 3. The SMILES string of the molecule is CCc1cc2c(-c3ccc(OC)cc3)cc3cccc1n32. The van der Waals surface area contributed by atoms with Gasteiger partial charge in [-0.2, -0.15) is 0 Å². The van der Waals surface area contributed by atoms with Crippen molar-refractivity contribution in [2.75, 3.05) is 7.11 Å². The maximum atomic E-state index is 5.25. The normalized spacial score (nSPS) is 11.5. The number of methoxy groups -OCH3 is 1. The van der Waals surface area contributed by atoms with Gasteiger partial charge in [-0.15, -0.1) is 0 Å². The molecule has 0 aliphatic rings. The summed E-state index contributed by atoms with van der Waals surface area (Å²) >= 11 is 0. The smallest absolute Gasteiger partial charge is 0.118 e. The van der Waals surface area contributed by atoms with Crippen LogP contribution in [-0.2, 0) is 6.42 Å². The van der Waals surface area contributed by atoms with Crippen molar-refractivity contribution >= 4 is 16.6 Å². The van der Waals surface area contributed by atoms with Crippen molar-refractivity contribution in [1.29, 1.82) is 0 Å². The van der Waals surface area contributed by atoms with Gasteiger partial charge in [0.1, 0.15) is 5.75 Å². The van der Waals surface area contributed by atoms with Crippen LogP contribution in [0.2, 0.25) is 0 Å². The lowest BCUT2D eigenvalue weighted by Crippen LogP contribution is -1.83. The highest BCUT2D eigenvalue weighted by molar-refractivity contribution is 5.92. The third-order valence-electron chi connectivity index (χ3n) is 4.25. The number of benzene rings is 1. The van der Waals surface area contributed by atoms with Crippen LogP contribution in [0.5, 0.6) is 5.75 Å². The van der Waals surface area contributed by atoms with Crippen LogP contribution < -0.4 is 4.74 Å². The fourth-order valence-corrected chi connectivity index (χ4v) is 3.17. The number of hydrogen-bond acceptors (Lipinski definition) is 1. The van der Waals surface area contributed by atoms with Crippen LogP contribution >= 0.6 is 0 Å². The zero-order chi connectivity index (χ0) is 14.4. The van der Waals surface area contributed by atoms with Gasteiger partial charge in [-0.1, -0.05) is 25.1 Å². The van der Waals surface area contributed by atoms with E-state index in [1.165, 1.54) is 33.2 Å². The predicted molar refractivity (Wildman–Crippen MR) is 87.5 cm³/mol. The Hall–Kier alpha value is -2.48. The molecule has 1 aromatic carbocycles. The van der Waals surface area contributed by atoms with E-state index < -0.39 is 0 Å². The fraction of sp³-hybridized carbons (Fsp3) is 0.158. The molecule has 0 aliphatic carbocycles. The molecule has 104 valence electrons. The summed E-state index contributed by atoms with van der Waals surface area (Å²) < 4.78 is 7.61. The standard InChI is InChI=1S/C19H17NO/c1-3-13-11-19-17(14-7-9-16(21-2)10-8-14)12-15-5-4-6-18(13)20(15)19/h4-12H,3H2,1-2H3.